The molecule has 0 saturated heterocycles. The predicted octanol–water partition coefficient (Wildman–Crippen LogP) is 2.96. The Morgan fingerprint density at radius 3 is 2.50 bits per heavy atom. The third-order valence-corrected chi connectivity index (χ3v) is 3.38. The van der Waals surface area contributed by atoms with Crippen LogP contribution in [0.5, 0.6) is 0 Å². The third-order valence-electron chi connectivity index (χ3n) is 1.41. The number of carbonyl (C=O) groups is 1. The second-order valence-corrected chi connectivity index (χ2v) is 4.87. The smallest absolute Gasteiger partial charge is 0.462 e. The van der Waals surface area contributed by atoms with E-state index in [4.69, 9.17) is 28.3 Å². The van der Waals surface area contributed by atoms with Crippen molar-refractivity contribution in [2.75, 3.05) is 6.61 Å². The zero-order chi connectivity index (χ0) is 12.6. The standard InChI is InChI=1S/C7H11Cl2O6P/c1-3-7(10)12-5-4-6(2)13-16(11,14-8)15-9/h3,6H,1,4-5H2,2H3. The van der Waals surface area contributed by atoms with Gasteiger partial charge in [-0.3, -0.25) is 4.52 Å². The minimum Gasteiger partial charge on any atom is -0.462 e. The van der Waals surface area contributed by atoms with Gasteiger partial charge in [0.1, 0.15) is 0 Å². The maximum atomic E-state index is 11.3. The summed E-state index contributed by atoms with van der Waals surface area (Å²) in [4.78, 5) is 10.7. The Bertz CT molecular complexity index is 276. The monoisotopic (exact) mass is 292 g/mol. The lowest BCUT2D eigenvalue weighted by molar-refractivity contribution is -0.138. The van der Waals surface area contributed by atoms with Crippen molar-refractivity contribution in [1.82, 2.24) is 0 Å². The van der Waals surface area contributed by atoms with Gasteiger partial charge in [-0.25, -0.2) is 9.36 Å². The van der Waals surface area contributed by atoms with Crippen LogP contribution in [0, 0.1) is 0 Å². The lowest BCUT2D eigenvalue weighted by atomic mass is 10.3. The molecule has 0 spiro atoms. The zero-order valence-electron chi connectivity index (χ0n) is 8.43. The fourth-order valence-electron chi connectivity index (χ4n) is 0.701. The van der Waals surface area contributed by atoms with Gasteiger partial charge in [-0.2, -0.15) is 8.15 Å². The van der Waals surface area contributed by atoms with E-state index in [1.54, 1.807) is 6.92 Å². The summed E-state index contributed by atoms with van der Waals surface area (Å²) in [6.07, 6.45) is 0.713. The first-order valence-electron chi connectivity index (χ1n) is 4.15. The number of hydrogen-bond acceptors (Lipinski definition) is 6. The van der Waals surface area contributed by atoms with Crippen LogP contribution >= 0.6 is 31.6 Å². The maximum Gasteiger partial charge on any atom is 0.508 e. The van der Waals surface area contributed by atoms with Crippen LogP contribution in [0.1, 0.15) is 13.3 Å². The summed E-state index contributed by atoms with van der Waals surface area (Å²) < 4.78 is 28.6. The van der Waals surface area contributed by atoms with Crippen molar-refractivity contribution in [3.05, 3.63) is 12.7 Å². The molecule has 0 heterocycles. The van der Waals surface area contributed by atoms with Gasteiger partial charge in [-0.1, -0.05) is 6.58 Å². The second kappa shape index (κ2) is 8.06. The molecule has 94 valence electrons. The van der Waals surface area contributed by atoms with Gasteiger partial charge < -0.3 is 4.74 Å². The molecule has 0 aliphatic carbocycles. The Labute approximate surface area is 103 Å². The van der Waals surface area contributed by atoms with Crippen molar-refractivity contribution in [2.45, 2.75) is 19.4 Å². The highest BCUT2D eigenvalue weighted by Crippen LogP contribution is 2.53. The second-order valence-electron chi connectivity index (χ2n) is 2.66. The summed E-state index contributed by atoms with van der Waals surface area (Å²) in [6.45, 7) is 4.84. The molecule has 0 aromatic carbocycles. The zero-order valence-corrected chi connectivity index (χ0v) is 10.8. The van der Waals surface area contributed by atoms with Crippen molar-refractivity contribution in [1.29, 1.82) is 0 Å². The molecule has 6 nitrogen and oxygen atoms in total. The molecular weight excluding hydrogens is 282 g/mol. The number of esters is 1. The van der Waals surface area contributed by atoms with Crippen LogP contribution in [-0.2, 0) is 26.8 Å². The average molecular weight is 293 g/mol. The minimum atomic E-state index is -3.94. The SMILES string of the molecule is C=CC(=O)OCCC(C)OP(=O)(OCl)OCl. The molecule has 0 amide bonds. The quantitative estimate of drug-likeness (QED) is 0.389. The molecule has 0 aromatic heterocycles. The molecule has 1 atom stereocenters. The minimum absolute atomic E-state index is 0.0661. The predicted molar refractivity (Wildman–Crippen MR) is 57.8 cm³/mol. The average Bonchev–Trinajstić information content (AvgIpc) is 2.28. The third kappa shape index (κ3) is 6.48. The van der Waals surface area contributed by atoms with E-state index in [0.29, 0.717) is 0 Å². The molecule has 16 heavy (non-hydrogen) atoms. The van der Waals surface area contributed by atoms with E-state index in [-0.39, 0.29) is 13.0 Å². The van der Waals surface area contributed by atoms with Crippen LogP contribution in [0.25, 0.3) is 0 Å². The number of halogens is 2. The van der Waals surface area contributed by atoms with Gasteiger partial charge in [0.05, 0.1) is 36.4 Å². The summed E-state index contributed by atoms with van der Waals surface area (Å²) in [7, 11) is -3.94. The highest BCUT2D eigenvalue weighted by Gasteiger charge is 2.29. The number of ether oxygens (including phenoxy) is 1. The Morgan fingerprint density at radius 1 is 1.50 bits per heavy atom. The van der Waals surface area contributed by atoms with Crippen LogP contribution in [0.15, 0.2) is 12.7 Å². The van der Waals surface area contributed by atoms with E-state index >= 15 is 0 Å². The van der Waals surface area contributed by atoms with Crippen LogP contribution in [0.3, 0.4) is 0 Å². The number of carbonyl (C=O) groups excluding carboxylic acids is 1. The van der Waals surface area contributed by atoms with E-state index in [2.05, 4.69) is 19.5 Å². The number of hydrogen-bond donors (Lipinski definition) is 0. The molecule has 0 fully saturated rings. The van der Waals surface area contributed by atoms with Crippen molar-refractivity contribution >= 4 is 37.5 Å². The Morgan fingerprint density at radius 2 is 2.06 bits per heavy atom. The van der Waals surface area contributed by atoms with E-state index in [0.717, 1.165) is 6.08 Å². The van der Waals surface area contributed by atoms with E-state index < -0.39 is 19.9 Å². The molecule has 0 rings (SSSR count). The highest BCUT2D eigenvalue weighted by atomic mass is 35.5. The van der Waals surface area contributed by atoms with Gasteiger partial charge in [-0.15, -0.1) is 0 Å². The topological polar surface area (TPSA) is 71.1 Å². The first-order chi connectivity index (χ1) is 7.47. The van der Waals surface area contributed by atoms with Crippen molar-refractivity contribution in [2.24, 2.45) is 0 Å². The van der Waals surface area contributed by atoms with Crippen molar-refractivity contribution < 1.29 is 26.8 Å². The Balaban J connectivity index is 3.90. The van der Waals surface area contributed by atoms with Gasteiger partial charge >= 0.3 is 13.8 Å². The summed E-state index contributed by atoms with van der Waals surface area (Å²) in [6, 6.07) is 0. The van der Waals surface area contributed by atoms with Crippen LogP contribution in [0.2, 0.25) is 0 Å². The van der Waals surface area contributed by atoms with Gasteiger partial charge in [0.2, 0.25) is 0 Å². The van der Waals surface area contributed by atoms with Crippen molar-refractivity contribution in [3.8, 4) is 0 Å². The molecule has 0 saturated carbocycles. The van der Waals surface area contributed by atoms with E-state index in [9.17, 15) is 9.36 Å². The van der Waals surface area contributed by atoms with E-state index in [1.165, 1.54) is 0 Å². The molecule has 0 bridgehead atoms. The first-order valence-corrected chi connectivity index (χ1v) is 6.23. The van der Waals surface area contributed by atoms with E-state index in [1.807, 2.05) is 0 Å². The fourth-order valence-corrected chi connectivity index (χ4v) is 1.78. The lowest BCUT2D eigenvalue weighted by Gasteiger charge is -2.15. The van der Waals surface area contributed by atoms with Crippen LogP contribution < -0.4 is 0 Å². The summed E-state index contributed by atoms with van der Waals surface area (Å²) in [5.41, 5.74) is 0. The summed E-state index contributed by atoms with van der Waals surface area (Å²) in [5.74, 6) is -0.558. The van der Waals surface area contributed by atoms with Gasteiger partial charge in [0, 0.05) is 12.5 Å². The maximum absolute atomic E-state index is 11.3. The van der Waals surface area contributed by atoms with Gasteiger partial charge in [-0.05, 0) is 6.92 Å². The summed E-state index contributed by atoms with van der Waals surface area (Å²) in [5, 5.41) is 0. The molecule has 0 aliphatic rings. The molecule has 0 N–H and O–H groups in total. The van der Waals surface area contributed by atoms with Gasteiger partial charge in [0.15, 0.2) is 0 Å². The lowest BCUT2D eigenvalue weighted by Crippen LogP contribution is -2.12. The van der Waals surface area contributed by atoms with Gasteiger partial charge in [0.25, 0.3) is 0 Å². The fraction of sp³-hybridized carbons (Fsp3) is 0.571. The normalized spacial score (nSPS) is 13.2. The molecule has 0 radical (unpaired) electrons. The molecule has 0 aromatic rings. The molecule has 9 heteroatoms. The van der Waals surface area contributed by atoms with Crippen LogP contribution in [-0.4, -0.2) is 18.7 Å². The Kier molecular flexibility index (Phi) is 8.01. The number of rotatable bonds is 8. The number of phosphoric acid groups is 1. The van der Waals surface area contributed by atoms with Crippen molar-refractivity contribution in [3.63, 3.8) is 0 Å². The first kappa shape index (κ1) is 15.9. The Hall–Kier alpha value is -0.100. The molecule has 0 aliphatic heterocycles. The van der Waals surface area contributed by atoms with Crippen LogP contribution in [0.4, 0.5) is 0 Å². The summed E-state index contributed by atoms with van der Waals surface area (Å²) >= 11 is 9.73. The highest BCUT2D eigenvalue weighted by molar-refractivity contribution is 7.50. The largest absolute Gasteiger partial charge is 0.508 e. The molecular formula is C7H11Cl2O6P. The molecule has 1 unspecified atom stereocenters.